The normalized spacial score (nSPS) is 9.56. The second-order valence-corrected chi connectivity index (χ2v) is 3.08. The maximum Gasteiger partial charge on any atom is 0.354 e. The van der Waals surface area contributed by atoms with Crippen LogP contribution in [-0.4, -0.2) is 35.6 Å². The van der Waals surface area contributed by atoms with Crippen LogP contribution in [0.2, 0.25) is 0 Å². The smallest absolute Gasteiger partial charge is 0.354 e. The fourth-order valence-corrected chi connectivity index (χ4v) is 1.10. The van der Waals surface area contributed by atoms with E-state index in [1.807, 2.05) is 0 Å². The van der Waals surface area contributed by atoms with E-state index in [1.165, 1.54) is 12.3 Å². The van der Waals surface area contributed by atoms with E-state index in [1.54, 1.807) is 13.1 Å². The van der Waals surface area contributed by atoms with Crippen LogP contribution in [0.15, 0.2) is 18.3 Å². The topological polar surface area (TPSA) is 91.3 Å². The van der Waals surface area contributed by atoms with E-state index < -0.39 is 5.97 Å². The van der Waals surface area contributed by atoms with Crippen molar-refractivity contribution in [3.63, 3.8) is 0 Å². The number of aromatic nitrogens is 1. The Morgan fingerprint density at radius 2 is 2.25 bits per heavy atom. The first-order valence-electron chi connectivity index (χ1n) is 4.77. The minimum absolute atomic E-state index is 0.0232. The highest BCUT2D eigenvalue weighted by Crippen LogP contribution is 2.07. The Balaban J connectivity index is 2.51. The molecule has 6 nitrogen and oxygen atoms in total. The number of carboxylic acid groups (broad SMARTS) is 1. The molecule has 16 heavy (non-hydrogen) atoms. The third-order valence-electron chi connectivity index (χ3n) is 1.94. The van der Waals surface area contributed by atoms with Gasteiger partial charge in [0.2, 0.25) is 5.91 Å². The predicted octanol–water partition coefficient (Wildman–Crippen LogP) is 0.328. The van der Waals surface area contributed by atoms with Crippen molar-refractivity contribution < 1.29 is 14.7 Å². The van der Waals surface area contributed by atoms with Gasteiger partial charge < -0.3 is 15.7 Å². The number of nitrogens with one attached hydrogen (secondary N) is 2. The van der Waals surface area contributed by atoms with Crippen LogP contribution in [-0.2, 0) is 4.79 Å². The molecule has 0 radical (unpaired) electrons. The van der Waals surface area contributed by atoms with E-state index in [4.69, 9.17) is 5.11 Å². The number of nitrogens with zero attached hydrogens (tertiary/aromatic N) is 1. The molecule has 6 heteroatoms. The fourth-order valence-electron chi connectivity index (χ4n) is 1.10. The molecule has 0 aliphatic carbocycles. The van der Waals surface area contributed by atoms with Crippen LogP contribution < -0.4 is 10.6 Å². The second-order valence-electron chi connectivity index (χ2n) is 3.08. The van der Waals surface area contributed by atoms with Crippen molar-refractivity contribution in [3.8, 4) is 0 Å². The molecule has 3 N–H and O–H groups in total. The van der Waals surface area contributed by atoms with Crippen molar-refractivity contribution >= 4 is 17.6 Å². The van der Waals surface area contributed by atoms with E-state index in [-0.39, 0.29) is 11.6 Å². The molecule has 0 aliphatic heterocycles. The number of carboxylic acids is 1. The lowest BCUT2D eigenvalue weighted by Gasteiger charge is -2.05. The average Bonchev–Trinajstić information content (AvgIpc) is 2.29. The van der Waals surface area contributed by atoms with Crippen molar-refractivity contribution in [1.82, 2.24) is 10.3 Å². The maximum atomic E-state index is 10.9. The van der Waals surface area contributed by atoms with E-state index in [9.17, 15) is 9.59 Å². The van der Waals surface area contributed by atoms with E-state index >= 15 is 0 Å². The van der Waals surface area contributed by atoms with Gasteiger partial charge in [0.05, 0.1) is 0 Å². The van der Waals surface area contributed by atoms with Crippen LogP contribution in [0, 0.1) is 0 Å². The summed E-state index contributed by atoms with van der Waals surface area (Å²) in [6.45, 7) is 0.447. The maximum absolute atomic E-state index is 10.9. The highest BCUT2D eigenvalue weighted by atomic mass is 16.4. The summed E-state index contributed by atoms with van der Waals surface area (Å²) >= 11 is 0. The lowest BCUT2D eigenvalue weighted by Crippen LogP contribution is -2.20. The van der Waals surface area contributed by atoms with E-state index in [2.05, 4.69) is 15.6 Å². The molecule has 1 heterocycles. The second kappa shape index (κ2) is 5.69. The molecule has 0 bridgehead atoms. The average molecular weight is 223 g/mol. The van der Waals surface area contributed by atoms with Gasteiger partial charge in [0.15, 0.2) is 0 Å². The van der Waals surface area contributed by atoms with Gasteiger partial charge in [-0.1, -0.05) is 0 Å². The summed E-state index contributed by atoms with van der Waals surface area (Å²) in [7, 11) is 1.57. The summed E-state index contributed by atoms with van der Waals surface area (Å²) in [4.78, 5) is 25.2. The Morgan fingerprint density at radius 1 is 1.50 bits per heavy atom. The van der Waals surface area contributed by atoms with E-state index in [0.717, 1.165) is 0 Å². The standard InChI is InChI=1S/C10H13N3O3/c1-11-9(14)3-5-12-7-2-4-13-8(6-7)10(15)16/h2,4,6H,3,5H2,1H3,(H,11,14)(H,12,13)(H,15,16). The number of hydrogen-bond donors (Lipinski definition) is 3. The lowest BCUT2D eigenvalue weighted by molar-refractivity contribution is -0.120. The van der Waals surface area contributed by atoms with Crippen LogP contribution in [0.25, 0.3) is 0 Å². The first kappa shape index (κ1) is 12.0. The summed E-state index contributed by atoms with van der Waals surface area (Å²) in [6, 6.07) is 3.07. The Morgan fingerprint density at radius 3 is 2.88 bits per heavy atom. The molecule has 0 aliphatic rings. The van der Waals surface area contributed by atoms with Crippen LogP contribution in [0.1, 0.15) is 16.9 Å². The van der Waals surface area contributed by atoms with Crippen molar-refractivity contribution in [3.05, 3.63) is 24.0 Å². The molecule has 1 rings (SSSR count). The number of aromatic carboxylic acids is 1. The van der Waals surface area contributed by atoms with Crippen LogP contribution >= 0.6 is 0 Å². The van der Waals surface area contributed by atoms with Crippen LogP contribution in [0.3, 0.4) is 0 Å². The Kier molecular flexibility index (Phi) is 4.26. The molecule has 0 saturated heterocycles. The zero-order valence-corrected chi connectivity index (χ0v) is 8.86. The van der Waals surface area contributed by atoms with Gasteiger partial charge in [0, 0.05) is 31.9 Å². The SMILES string of the molecule is CNC(=O)CCNc1ccnc(C(=O)O)c1. The summed E-state index contributed by atoms with van der Waals surface area (Å²) in [5, 5.41) is 14.1. The molecular formula is C10H13N3O3. The molecule has 0 saturated carbocycles. The number of rotatable bonds is 5. The molecule has 1 aromatic rings. The highest BCUT2D eigenvalue weighted by Gasteiger charge is 2.04. The largest absolute Gasteiger partial charge is 0.477 e. The van der Waals surface area contributed by atoms with Crippen molar-refractivity contribution in [2.45, 2.75) is 6.42 Å². The molecule has 86 valence electrons. The minimum atomic E-state index is -1.07. The zero-order chi connectivity index (χ0) is 12.0. The van der Waals surface area contributed by atoms with Gasteiger partial charge in [0.25, 0.3) is 0 Å². The number of pyridine rings is 1. The van der Waals surface area contributed by atoms with Gasteiger partial charge >= 0.3 is 5.97 Å². The molecule has 0 fully saturated rings. The first-order valence-corrected chi connectivity index (χ1v) is 4.77. The first-order chi connectivity index (χ1) is 7.63. The monoisotopic (exact) mass is 223 g/mol. The Labute approximate surface area is 92.7 Å². The quantitative estimate of drug-likeness (QED) is 0.669. The molecule has 0 aromatic carbocycles. The van der Waals surface area contributed by atoms with Crippen molar-refractivity contribution in [2.24, 2.45) is 0 Å². The van der Waals surface area contributed by atoms with Crippen LogP contribution in [0.4, 0.5) is 5.69 Å². The third kappa shape index (κ3) is 3.56. The Hall–Kier alpha value is -2.11. The number of hydrogen-bond acceptors (Lipinski definition) is 4. The van der Waals surface area contributed by atoms with Gasteiger partial charge in [-0.05, 0) is 12.1 Å². The molecular weight excluding hydrogens is 210 g/mol. The molecule has 0 unspecified atom stereocenters. The number of carbonyl (C=O) groups excluding carboxylic acids is 1. The van der Waals surface area contributed by atoms with Gasteiger partial charge in [-0.15, -0.1) is 0 Å². The van der Waals surface area contributed by atoms with E-state index in [0.29, 0.717) is 18.7 Å². The third-order valence-corrected chi connectivity index (χ3v) is 1.94. The summed E-state index contributed by atoms with van der Waals surface area (Å²) in [6.07, 6.45) is 1.74. The van der Waals surface area contributed by atoms with Crippen molar-refractivity contribution in [1.29, 1.82) is 0 Å². The zero-order valence-electron chi connectivity index (χ0n) is 8.86. The summed E-state index contributed by atoms with van der Waals surface area (Å²) in [5.74, 6) is -1.14. The molecule has 1 aromatic heterocycles. The summed E-state index contributed by atoms with van der Waals surface area (Å²) < 4.78 is 0. The van der Waals surface area contributed by atoms with Gasteiger partial charge in [-0.25, -0.2) is 9.78 Å². The molecule has 0 atom stereocenters. The highest BCUT2D eigenvalue weighted by molar-refractivity contribution is 5.86. The number of anilines is 1. The summed E-state index contributed by atoms with van der Waals surface area (Å²) in [5.41, 5.74) is 0.612. The van der Waals surface area contributed by atoms with Gasteiger partial charge in [-0.2, -0.15) is 0 Å². The fraction of sp³-hybridized carbons (Fsp3) is 0.300. The number of amides is 1. The number of carbonyl (C=O) groups is 2. The predicted molar refractivity (Wildman–Crippen MR) is 58.4 cm³/mol. The molecule has 1 amide bonds. The Bertz CT molecular complexity index is 393. The van der Waals surface area contributed by atoms with Crippen molar-refractivity contribution in [2.75, 3.05) is 18.9 Å². The lowest BCUT2D eigenvalue weighted by atomic mass is 10.3. The van der Waals surface area contributed by atoms with Gasteiger partial charge in [-0.3, -0.25) is 4.79 Å². The molecule has 0 spiro atoms. The van der Waals surface area contributed by atoms with Crippen LogP contribution in [0.5, 0.6) is 0 Å². The van der Waals surface area contributed by atoms with Gasteiger partial charge in [0.1, 0.15) is 5.69 Å². The minimum Gasteiger partial charge on any atom is -0.477 e.